The molecule has 0 N–H and O–H groups in total. The zero-order valence-electron chi connectivity index (χ0n) is 13.4. The Morgan fingerprint density at radius 3 is 2.80 bits per heavy atom. The lowest BCUT2D eigenvalue weighted by Crippen LogP contribution is -1.98. The minimum Gasteiger partial charge on any atom is -0.493 e. The van der Waals surface area contributed by atoms with E-state index in [2.05, 4.69) is 37.6 Å². The van der Waals surface area contributed by atoms with Crippen LogP contribution >= 0.6 is 11.3 Å². The molecule has 1 radical (unpaired) electrons. The predicted octanol–water partition coefficient (Wildman–Crippen LogP) is 4.14. The quantitative estimate of drug-likeness (QED) is 0.556. The van der Waals surface area contributed by atoms with Crippen LogP contribution in [0.1, 0.15) is 0 Å². The molecule has 121 valence electrons. The number of rotatable bonds is 4. The van der Waals surface area contributed by atoms with Crippen LogP contribution in [0.25, 0.3) is 33.9 Å². The molecule has 0 saturated carbocycles. The summed E-state index contributed by atoms with van der Waals surface area (Å²) >= 11 is 1.65. The van der Waals surface area contributed by atoms with Crippen molar-refractivity contribution in [2.24, 2.45) is 0 Å². The van der Waals surface area contributed by atoms with Gasteiger partial charge in [0.1, 0.15) is 11.4 Å². The van der Waals surface area contributed by atoms with Crippen molar-refractivity contribution in [1.82, 2.24) is 19.9 Å². The Morgan fingerprint density at radius 1 is 1.08 bits per heavy atom. The average Bonchev–Trinajstić information content (AvgIpc) is 3.23. The van der Waals surface area contributed by atoms with Crippen LogP contribution in [-0.4, -0.2) is 27.0 Å². The third-order valence-corrected chi connectivity index (χ3v) is 4.35. The van der Waals surface area contributed by atoms with Crippen molar-refractivity contribution in [1.29, 1.82) is 0 Å². The summed E-state index contributed by atoms with van der Waals surface area (Å²) in [6, 6.07) is 9.69. The zero-order valence-corrected chi connectivity index (χ0v) is 14.2. The van der Waals surface area contributed by atoms with Crippen molar-refractivity contribution in [3.8, 4) is 39.7 Å². The molecule has 4 heterocycles. The van der Waals surface area contributed by atoms with Gasteiger partial charge in [0.05, 0.1) is 19.5 Å². The Hall–Kier alpha value is -3.12. The van der Waals surface area contributed by atoms with Crippen molar-refractivity contribution in [2.75, 3.05) is 7.11 Å². The molecule has 0 aromatic carbocycles. The standard InChI is InChI=1S/C19H13N4OS/c1-24-17-11-22-19(16-4-2-3-6-21-16)23-18(17)15-8-14(9-20-10-15)13-5-7-25-12-13/h2-9,11-12H,1H3. The van der Waals surface area contributed by atoms with E-state index < -0.39 is 0 Å². The molecule has 4 aromatic rings. The van der Waals surface area contributed by atoms with E-state index >= 15 is 0 Å². The van der Waals surface area contributed by atoms with Gasteiger partial charge in [-0.25, -0.2) is 9.97 Å². The van der Waals surface area contributed by atoms with Crippen molar-refractivity contribution in [2.45, 2.75) is 0 Å². The van der Waals surface area contributed by atoms with E-state index in [4.69, 9.17) is 4.74 Å². The summed E-state index contributed by atoms with van der Waals surface area (Å²) in [4.78, 5) is 17.5. The van der Waals surface area contributed by atoms with Gasteiger partial charge in [-0.15, -0.1) is 0 Å². The fraction of sp³-hybridized carbons (Fsp3) is 0.0526. The first-order valence-corrected chi connectivity index (χ1v) is 8.52. The molecule has 0 spiro atoms. The van der Waals surface area contributed by atoms with Gasteiger partial charge in [0.25, 0.3) is 0 Å². The fourth-order valence-corrected chi connectivity index (χ4v) is 3.10. The molecule has 0 amide bonds. The lowest BCUT2D eigenvalue weighted by molar-refractivity contribution is 0.413. The van der Waals surface area contributed by atoms with E-state index in [0.29, 0.717) is 23.0 Å². The van der Waals surface area contributed by atoms with Crippen LogP contribution in [0.2, 0.25) is 0 Å². The van der Waals surface area contributed by atoms with Crippen LogP contribution in [-0.2, 0) is 0 Å². The second kappa shape index (κ2) is 6.78. The summed E-state index contributed by atoms with van der Waals surface area (Å²) in [6.07, 6.45) is 8.16. The number of thiophene rings is 1. The van der Waals surface area contributed by atoms with Gasteiger partial charge in [0.2, 0.25) is 0 Å². The normalized spacial score (nSPS) is 10.6. The molecule has 6 heteroatoms. The maximum Gasteiger partial charge on any atom is 0.178 e. The van der Waals surface area contributed by atoms with E-state index in [1.807, 2.05) is 29.6 Å². The Labute approximate surface area is 149 Å². The highest BCUT2D eigenvalue weighted by Crippen LogP contribution is 2.31. The Kier molecular flexibility index (Phi) is 4.18. The maximum absolute atomic E-state index is 5.43. The van der Waals surface area contributed by atoms with E-state index in [1.54, 1.807) is 37.0 Å². The van der Waals surface area contributed by atoms with Crippen molar-refractivity contribution >= 4 is 11.3 Å². The van der Waals surface area contributed by atoms with E-state index in [9.17, 15) is 0 Å². The maximum atomic E-state index is 5.43. The molecule has 5 nitrogen and oxygen atoms in total. The van der Waals surface area contributed by atoms with Crippen LogP contribution in [0, 0.1) is 6.20 Å². The molecule has 4 rings (SSSR count). The predicted molar refractivity (Wildman–Crippen MR) is 97.2 cm³/mol. The highest BCUT2D eigenvalue weighted by Gasteiger charge is 2.14. The summed E-state index contributed by atoms with van der Waals surface area (Å²) in [5.41, 5.74) is 4.22. The second-order valence-electron chi connectivity index (χ2n) is 5.22. The van der Waals surface area contributed by atoms with Gasteiger partial charge in [0.15, 0.2) is 11.6 Å². The summed E-state index contributed by atoms with van der Waals surface area (Å²) in [7, 11) is 1.60. The molecule has 0 bridgehead atoms. The number of ether oxygens (including phenoxy) is 1. The zero-order chi connectivity index (χ0) is 17.1. The molecular weight excluding hydrogens is 332 g/mol. The fourth-order valence-electron chi connectivity index (χ4n) is 2.44. The SMILES string of the molecule is COc1cnc(-c2ccccn2)nc1-c1[c]ncc(-c2ccsc2)c1. The Morgan fingerprint density at radius 2 is 2.04 bits per heavy atom. The van der Waals surface area contributed by atoms with Gasteiger partial charge in [-0.1, -0.05) is 6.07 Å². The summed E-state index contributed by atoms with van der Waals surface area (Å²) < 4.78 is 5.43. The highest BCUT2D eigenvalue weighted by molar-refractivity contribution is 7.08. The van der Waals surface area contributed by atoms with Gasteiger partial charge < -0.3 is 4.74 Å². The number of hydrogen-bond acceptors (Lipinski definition) is 6. The first kappa shape index (κ1) is 15.4. The second-order valence-corrected chi connectivity index (χ2v) is 6.00. The molecule has 0 fully saturated rings. The van der Waals surface area contributed by atoms with Gasteiger partial charge in [-0.2, -0.15) is 11.3 Å². The summed E-state index contributed by atoms with van der Waals surface area (Å²) in [5, 5.41) is 4.12. The number of nitrogens with zero attached hydrogens (tertiary/aromatic N) is 4. The Bertz CT molecular complexity index is 988. The van der Waals surface area contributed by atoms with Crippen molar-refractivity contribution in [3.63, 3.8) is 0 Å². The molecule has 0 saturated heterocycles. The van der Waals surface area contributed by atoms with Crippen LogP contribution in [0.5, 0.6) is 5.75 Å². The van der Waals surface area contributed by atoms with Crippen LogP contribution in [0.15, 0.2) is 59.7 Å². The van der Waals surface area contributed by atoms with Gasteiger partial charge in [-0.3, -0.25) is 9.97 Å². The highest BCUT2D eigenvalue weighted by atomic mass is 32.1. The van der Waals surface area contributed by atoms with Crippen LogP contribution in [0.3, 0.4) is 0 Å². The smallest absolute Gasteiger partial charge is 0.178 e. The summed E-state index contributed by atoms with van der Waals surface area (Å²) in [5.74, 6) is 1.10. The molecule has 0 aliphatic rings. The average molecular weight is 345 g/mol. The van der Waals surface area contributed by atoms with Crippen molar-refractivity contribution in [3.05, 3.63) is 65.9 Å². The first-order valence-electron chi connectivity index (χ1n) is 7.58. The van der Waals surface area contributed by atoms with Gasteiger partial charge >= 0.3 is 0 Å². The van der Waals surface area contributed by atoms with Gasteiger partial charge in [-0.05, 0) is 40.6 Å². The minimum atomic E-state index is 0.533. The van der Waals surface area contributed by atoms with E-state index in [-0.39, 0.29) is 0 Å². The lowest BCUT2D eigenvalue weighted by Gasteiger charge is -2.09. The Balaban J connectivity index is 1.83. The number of pyridine rings is 2. The number of methoxy groups -OCH3 is 1. The third-order valence-electron chi connectivity index (χ3n) is 3.67. The third kappa shape index (κ3) is 3.12. The van der Waals surface area contributed by atoms with Gasteiger partial charge in [0, 0.05) is 23.5 Å². The van der Waals surface area contributed by atoms with Crippen LogP contribution in [0.4, 0.5) is 0 Å². The topological polar surface area (TPSA) is 60.8 Å². The summed E-state index contributed by atoms with van der Waals surface area (Å²) in [6.45, 7) is 0. The first-order chi connectivity index (χ1) is 12.3. The van der Waals surface area contributed by atoms with Crippen molar-refractivity contribution < 1.29 is 4.74 Å². The molecule has 0 atom stereocenters. The largest absolute Gasteiger partial charge is 0.493 e. The molecule has 0 aliphatic carbocycles. The number of aromatic nitrogens is 4. The van der Waals surface area contributed by atoms with E-state index in [0.717, 1.165) is 16.7 Å². The lowest BCUT2D eigenvalue weighted by atomic mass is 10.1. The van der Waals surface area contributed by atoms with E-state index in [1.165, 1.54) is 0 Å². The molecule has 0 unspecified atom stereocenters. The molecule has 4 aromatic heterocycles. The molecule has 0 aliphatic heterocycles. The van der Waals surface area contributed by atoms with Crippen LogP contribution < -0.4 is 4.74 Å². The minimum absolute atomic E-state index is 0.533. The molecule has 25 heavy (non-hydrogen) atoms. The number of hydrogen-bond donors (Lipinski definition) is 0. The monoisotopic (exact) mass is 345 g/mol. The molecular formula is C19H13N4OS.